The van der Waals surface area contributed by atoms with Crippen molar-refractivity contribution in [3.8, 4) is 0 Å². The lowest BCUT2D eigenvalue weighted by Crippen LogP contribution is -2.28. The Labute approximate surface area is 84.6 Å². The normalized spacial score (nSPS) is 13.9. The van der Waals surface area contributed by atoms with Crippen LogP contribution in [0.15, 0.2) is 12.1 Å². The molecule has 1 aromatic rings. The summed E-state index contributed by atoms with van der Waals surface area (Å²) in [5.41, 5.74) is 0.724. The minimum absolute atomic E-state index is 0.126. The number of benzene rings is 1. The van der Waals surface area contributed by atoms with Crippen LogP contribution in [-0.2, 0) is 11.3 Å². The Hall–Kier alpha value is -1.60. The van der Waals surface area contributed by atoms with E-state index in [0.717, 1.165) is 6.07 Å². The molecular weight excluding hydrogens is 204 g/mol. The lowest BCUT2D eigenvalue weighted by molar-refractivity contribution is 0.209. The van der Waals surface area contributed by atoms with E-state index in [4.69, 9.17) is 9.76 Å². The molecule has 78 valence electrons. The highest BCUT2D eigenvalue weighted by Gasteiger charge is 2.28. The van der Waals surface area contributed by atoms with Crippen molar-refractivity contribution in [2.24, 2.45) is 0 Å². The van der Waals surface area contributed by atoms with Crippen LogP contribution in [0, 0.1) is 5.82 Å². The number of carboxylic acid groups (broad SMARTS) is 1. The van der Waals surface area contributed by atoms with Gasteiger partial charge >= 0.3 is 13.2 Å². The number of hydrogen-bond acceptors (Lipinski definition) is 3. The Bertz CT molecular complexity index is 425. The fraction of sp³-hybridized carbons (Fsp3) is 0.125. The molecule has 5 nitrogen and oxygen atoms in total. The second kappa shape index (κ2) is 3.52. The van der Waals surface area contributed by atoms with Crippen LogP contribution in [0.4, 0.5) is 14.9 Å². The van der Waals surface area contributed by atoms with Gasteiger partial charge in [0.2, 0.25) is 0 Å². The van der Waals surface area contributed by atoms with Gasteiger partial charge in [-0.15, -0.1) is 0 Å². The zero-order chi connectivity index (χ0) is 11.0. The predicted molar refractivity (Wildman–Crippen MR) is 50.4 cm³/mol. The van der Waals surface area contributed by atoms with Crippen LogP contribution < -0.4 is 10.8 Å². The van der Waals surface area contributed by atoms with Crippen LogP contribution in [0.3, 0.4) is 0 Å². The van der Waals surface area contributed by atoms with Crippen LogP contribution in [0.5, 0.6) is 0 Å². The van der Waals surface area contributed by atoms with Crippen molar-refractivity contribution in [2.75, 3.05) is 5.32 Å². The summed E-state index contributed by atoms with van der Waals surface area (Å²) in [4.78, 5) is 10.3. The highest BCUT2D eigenvalue weighted by Crippen LogP contribution is 2.18. The summed E-state index contributed by atoms with van der Waals surface area (Å²) in [5.74, 6) is -0.686. The van der Waals surface area contributed by atoms with Crippen molar-refractivity contribution in [3.63, 3.8) is 0 Å². The third-order valence-corrected chi connectivity index (χ3v) is 2.13. The van der Waals surface area contributed by atoms with Crippen LogP contribution in [0.2, 0.25) is 0 Å². The van der Waals surface area contributed by atoms with E-state index in [1.54, 1.807) is 0 Å². The van der Waals surface area contributed by atoms with Gasteiger partial charge in [0.05, 0.1) is 12.3 Å². The van der Waals surface area contributed by atoms with E-state index in [1.807, 2.05) is 5.32 Å². The van der Waals surface area contributed by atoms with Crippen molar-refractivity contribution >= 4 is 24.4 Å². The van der Waals surface area contributed by atoms with Crippen molar-refractivity contribution in [1.29, 1.82) is 0 Å². The Kier molecular flexibility index (Phi) is 2.33. The topological polar surface area (TPSA) is 78.8 Å². The number of nitrogens with one attached hydrogen (secondary N) is 1. The zero-order valence-corrected chi connectivity index (χ0v) is 7.53. The molecule has 1 heterocycles. The summed E-state index contributed by atoms with van der Waals surface area (Å²) >= 11 is 0. The van der Waals surface area contributed by atoms with Gasteiger partial charge in [-0.25, -0.2) is 9.18 Å². The van der Waals surface area contributed by atoms with Gasteiger partial charge < -0.3 is 14.8 Å². The van der Waals surface area contributed by atoms with E-state index in [1.165, 1.54) is 6.07 Å². The monoisotopic (exact) mass is 211 g/mol. The minimum atomic E-state index is -1.36. The summed E-state index contributed by atoms with van der Waals surface area (Å²) in [7, 11) is -1.12. The number of anilines is 1. The summed E-state index contributed by atoms with van der Waals surface area (Å²) < 4.78 is 18.1. The van der Waals surface area contributed by atoms with E-state index in [2.05, 4.69) is 0 Å². The van der Waals surface area contributed by atoms with Gasteiger partial charge in [-0.05, 0) is 23.2 Å². The number of halogens is 1. The average Bonchev–Trinajstić information content (AvgIpc) is 2.48. The molecule has 1 aliphatic rings. The molecule has 0 radical (unpaired) electrons. The SMILES string of the molecule is O=C(O)Nc1cc2c(cc1F)COB2O. The number of rotatable bonds is 1. The summed E-state index contributed by atoms with van der Waals surface area (Å²) in [6, 6.07) is 2.38. The molecular formula is C8H7BFNO4. The zero-order valence-electron chi connectivity index (χ0n) is 7.53. The Morgan fingerprint density at radius 3 is 3.00 bits per heavy atom. The van der Waals surface area contributed by atoms with Gasteiger partial charge in [0.25, 0.3) is 0 Å². The third kappa shape index (κ3) is 1.79. The van der Waals surface area contributed by atoms with Crippen molar-refractivity contribution < 1.29 is 24.0 Å². The number of fused-ring (bicyclic) bond motifs is 1. The van der Waals surface area contributed by atoms with Gasteiger partial charge in [-0.2, -0.15) is 0 Å². The highest BCUT2D eigenvalue weighted by molar-refractivity contribution is 6.61. The maximum Gasteiger partial charge on any atom is 0.491 e. The van der Waals surface area contributed by atoms with Gasteiger partial charge in [-0.3, -0.25) is 5.32 Å². The molecule has 1 aromatic carbocycles. The van der Waals surface area contributed by atoms with Crippen molar-refractivity contribution in [1.82, 2.24) is 0 Å². The predicted octanol–water partition coefficient (Wildman–Crippen LogP) is 0.133. The molecule has 0 aliphatic carbocycles. The second-order valence-corrected chi connectivity index (χ2v) is 3.12. The van der Waals surface area contributed by atoms with Gasteiger partial charge in [0.15, 0.2) is 0 Å². The largest absolute Gasteiger partial charge is 0.491 e. The van der Waals surface area contributed by atoms with E-state index >= 15 is 0 Å². The Morgan fingerprint density at radius 2 is 2.33 bits per heavy atom. The van der Waals surface area contributed by atoms with Crippen LogP contribution in [0.25, 0.3) is 0 Å². The molecule has 0 spiro atoms. The molecule has 0 atom stereocenters. The Morgan fingerprint density at radius 1 is 1.60 bits per heavy atom. The molecule has 1 aliphatic heterocycles. The number of amides is 1. The summed E-state index contributed by atoms with van der Waals surface area (Å²) in [5, 5.41) is 19.6. The lowest BCUT2D eigenvalue weighted by Gasteiger charge is -2.05. The molecule has 0 saturated carbocycles. The highest BCUT2D eigenvalue weighted by atomic mass is 19.1. The summed E-state index contributed by atoms with van der Waals surface area (Å²) in [6.07, 6.45) is -1.36. The standard InChI is InChI=1S/C8H7BFNO4/c10-6-1-4-3-15-9(14)5(4)2-7(6)11-8(12)13/h1-2,11,14H,3H2,(H,12,13). The van der Waals surface area contributed by atoms with Gasteiger partial charge in [-0.1, -0.05) is 0 Å². The molecule has 3 N–H and O–H groups in total. The van der Waals surface area contributed by atoms with Crippen molar-refractivity contribution in [2.45, 2.75) is 6.61 Å². The summed E-state index contributed by atoms with van der Waals surface area (Å²) in [6.45, 7) is 0.126. The fourth-order valence-electron chi connectivity index (χ4n) is 1.46. The minimum Gasteiger partial charge on any atom is -0.465 e. The first-order valence-electron chi connectivity index (χ1n) is 4.20. The molecule has 0 bridgehead atoms. The Balaban J connectivity index is 2.41. The molecule has 0 saturated heterocycles. The first-order valence-corrected chi connectivity index (χ1v) is 4.20. The third-order valence-electron chi connectivity index (χ3n) is 2.13. The van der Waals surface area contributed by atoms with Crippen molar-refractivity contribution in [3.05, 3.63) is 23.5 Å². The smallest absolute Gasteiger partial charge is 0.465 e. The van der Waals surface area contributed by atoms with E-state index in [-0.39, 0.29) is 12.3 Å². The molecule has 2 rings (SSSR count). The molecule has 15 heavy (non-hydrogen) atoms. The van der Waals surface area contributed by atoms with Gasteiger partial charge in [0.1, 0.15) is 5.82 Å². The van der Waals surface area contributed by atoms with Crippen LogP contribution in [-0.4, -0.2) is 23.3 Å². The number of hydrogen-bond donors (Lipinski definition) is 3. The van der Waals surface area contributed by atoms with Crippen LogP contribution >= 0.6 is 0 Å². The van der Waals surface area contributed by atoms with E-state index in [0.29, 0.717) is 11.0 Å². The molecule has 0 fully saturated rings. The molecule has 1 amide bonds. The van der Waals surface area contributed by atoms with E-state index in [9.17, 15) is 14.2 Å². The number of carbonyl (C=O) groups is 1. The first-order chi connectivity index (χ1) is 7.08. The average molecular weight is 211 g/mol. The first kappa shape index (κ1) is 9.94. The molecule has 7 heteroatoms. The quantitative estimate of drug-likeness (QED) is 0.577. The second-order valence-electron chi connectivity index (χ2n) is 3.12. The van der Waals surface area contributed by atoms with Gasteiger partial charge in [0, 0.05) is 0 Å². The van der Waals surface area contributed by atoms with E-state index < -0.39 is 19.0 Å². The molecule has 0 aromatic heterocycles. The fourth-order valence-corrected chi connectivity index (χ4v) is 1.46. The lowest BCUT2D eigenvalue weighted by atomic mass is 9.79. The maximum atomic E-state index is 13.3. The molecule has 0 unspecified atom stereocenters. The van der Waals surface area contributed by atoms with Crippen LogP contribution in [0.1, 0.15) is 5.56 Å². The maximum absolute atomic E-state index is 13.3.